The van der Waals surface area contributed by atoms with Crippen LogP contribution in [0.5, 0.6) is 0 Å². The van der Waals surface area contributed by atoms with Crippen molar-refractivity contribution in [1.82, 2.24) is 9.55 Å². The topological polar surface area (TPSA) is 81.1 Å². The van der Waals surface area contributed by atoms with Crippen LogP contribution >= 0.6 is 12.6 Å². The molecule has 0 radical (unpaired) electrons. The lowest BCUT2D eigenvalue weighted by Gasteiger charge is -2.07. The SMILES string of the molecule is Cn1cnc(S)c1CC(N)C(=O)O. The van der Waals surface area contributed by atoms with E-state index in [4.69, 9.17) is 10.8 Å². The molecule has 0 aliphatic rings. The van der Waals surface area contributed by atoms with Crippen molar-refractivity contribution in [3.8, 4) is 0 Å². The zero-order valence-corrected chi connectivity index (χ0v) is 8.03. The number of carboxylic acids is 1. The van der Waals surface area contributed by atoms with Crippen LogP contribution in [0.2, 0.25) is 0 Å². The average Bonchev–Trinajstić information content (AvgIpc) is 2.35. The third-order valence-corrected chi connectivity index (χ3v) is 2.14. The molecule has 5 nitrogen and oxygen atoms in total. The van der Waals surface area contributed by atoms with Gasteiger partial charge in [-0.25, -0.2) is 4.98 Å². The molecule has 1 atom stereocenters. The van der Waals surface area contributed by atoms with E-state index in [1.54, 1.807) is 17.9 Å². The van der Waals surface area contributed by atoms with Crippen molar-refractivity contribution in [2.45, 2.75) is 17.5 Å². The molecule has 13 heavy (non-hydrogen) atoms. The lowest BCUT2D eigenvalue weighted by atomic mass is 10.2. The van der Waals surface area contributed by atoms with E-state index in [1.165, 1.54) is 0 Å². The molecule has 1 rings (SSSR count). The van der Waals surface area contributed by atoms with Crippen LogP contribution in [0.1, 0.15) is 5.69 Å². The summed E-state index contributed by atoms with van der Waals surface area (Å²) < 4.78 is 1.71. The molecular formula is C7H11N3O2S. The maximum atomic E-state index is 10.5. The number of thiol groups is 1. The molecule has 0 saturated heterocycles. The van der Waals surface area contributed by atoms with Gasteiger partial charge in [-0.2, -0.15) is 0 Å². The summed E-state index contributed by atoms with van der Waals surface area (Å²) in [5.41, 5.74) is 6.11. The maximum absolute atomic E-state index is 10.5. The first-order chi connectivity index (χ1) is 6.02. The Balaban J connectivity index is 2.79. The summed E-state index contributed by atoms with van der Waals surface area (Å²) in [6, 6.07) is -0.902. The molecule has 0 amide bonds. The smallest absolute Gasteiger partial charge is 0.320 e. The van der Waals surface area contributed by atoms with Gasteiger partial charge >= 0.3 is 5.97 Å². The van der Waals surface area contributed by atoms with Gasteiger partial charge in [0.05, 0.1) is 12.0 Å². The van der Waals surface area contributed by atoms with E-state index in [9.17, 15) is 4.79 Å². The van der Waals surface area contributed by atoms with Crippen LogP contribution in [0, 0.1) is 0 Å². The number of aromatic nitrogens is 2. The molecule has 1 unspecified atom stereocenters. The van der Waals surface area contributed by atoms with Crippen molar-refractivity contribution in [3.63, 3.8) is 0 Å². The van der Waals surface area contributed by atoms with E-state index in [0.717, 1.165) is 5.69 Å². The van der Waals surface area contributed by atoms with Crippen LogP contribution in [-0.4, -0.2) is 26.7 Å². The fourth-order valence-corrected chi connectivity index (χ4v) is 1.27. The largest absolute Gasteiger partial charge is 0.480 e. The molecule has 0 aromatic carbocycles. The Morgan fingerprint density at radius 1 is 1.92 bits per heavy atom. The predicted octanol–water partition coefficient (Wildman–Crippen LogP) is -0.337. The fraction of sp³-hybridized carbons (Fsp3) is 0.429. The summed E-state index contributed by atoms with van der Waals surface area (Å²) in [7, 11) is 1.77. The summed E-state index contributed by atoms with van der Waals surface area (Å²) in [6.45, 7) is 0. The molecule has 1 heterocycles. The van der Waals surface area contributed by atoms with Crippen LogP contribution in [0.4, 0.5) is 0 Å². The first-order valence-electron chi connectivity index (χ1n) is 3.70. The predicted molar refractivity (Wildman–Crippen MR) is 49.8 cm³/mol. The maximum Gasteiger partial charge on any atom is 0.320 e. The summed E-state index contributed by atoms with van der Waals surface area (Å²) >= 11 is 4.08. The van der Waals surface area contributed by atoms with Gasteiger partial charge in [0.25, 0.3) is 0 Å². The molecule has 3 N–H and O–H groups in total. The van der Waals surface area contributed by atoms with Gasteiger partial charge in [-0.05, 0) is 0 Å². The highest BCUT2D eigenvalue weighted by molar-refractivity contribution is 7.80. The Morgan fingerprint density at radius 3 is 2.92 bits per heavy atom. The van der Waals surface area contributed by atoms with Crippen LogP contribution in [0.25, 0.3) is 0 Å². The third-order valence-electron chi connectivity index (χ3n) is 1.77. The highest BCUT2D eigenvalue weighted by atomic mass is 32.1. The van der Waals surface area contributed by atoms with Gasteiger partial charge in [-0.15, -0.1) is 12.6 Å². The van der Waals surface area contributed by atoms with Crippen molar-refractivity contribution in [3.05, 3.63) is 12.0 Å². The van der Waals surface area contributed by atoms with Crippen molar-refractivity contribution in [2.24, 2.45) is 12.8 Å². The molecule has 0 aliphatic heterocycles. The summed E-state index contributed by atoms with van der Waals surface area (Å²) in [6.07, 6.45) is 1.82. The molecule has 0 aliphatic carbocycles. The number of nitrogens with two attached hydrogens (primary N) is 1. The number of carbonyl (C=O) groups is 1. The second-order valence-electron chi connectivity index (χ2n) is 2.77. The molecule has 0 saturated carbocycles. The van der Waals surface area contributed by atoms with E-state index < -0.39 is 12.0 Å². The van der Waals surface area contributed by atoms with Crippen molar-refractivity contribution in [1.29, 1.82) is 0 Å². The zero-order valence-electron chi connectivity index (χ0n) is 7.14. The number of aliphatic carboxylic acids is 1. The normalized spacial score (nSPS) is 12.8. The number of carboxylic acid groups (broad SMARTS) is 1. The number of hydrogen-bond donors (Lipinski definition) is 3. The van der Waals surface area contributed by atoms with Gasteiger partial charge < -0.3 is 15.4 Å². The first-order valence-corrected chi connectivity index (χ1v) is 4.14. The Labute approximate surface area is 81.0 Å². The van der Waals surface area contributed by atoms with Gasteiger partial charge in [-0.3, -0.25) is 4.79 Å². The molecule has 0 spiro atoms. The Morgan fingerprint density at radius 2 is 2.54 bits per heavy atom. The first kappa shape index (κ1) is 10.1. The quantitative estimate of drug-likeness (QED) is 0.585. The van der Waals surface area contributed by atoms with Crippen molar-refractivity contribution < 1.29 is 9.90 Å². The number of rotatable bonds is 3. The molecule has 1 aromatic rings. The monoisotopic (exact) mass is 201 g/mol. The lowest BCUT2D eigenvalue weighted by Crippen LogP contribution is -2.33. The standard InChI is InChI=1S/C7H11N3O2S/c1-10-3-9-6(13)5(10)2-4(8)7(11)12/h3-4,13H,2,8H2,1H3,(H,11,12). The number of imidazole rings is 1. The number of nitrogens with zero attached hydrogens (tertiary/aromatic N) is 2. The summed E-state index contributed by atoms with van der Waals surface area (Å²) in [4.78, 5) is 14.4. The van der Waals surface area contributed by atoms with E-state index in [1.807, 2.05) is 0 Å². The van der Waals surface area contributed by atoms with Crippen LogP contribution in [-0.2, 0) is 18.3 Å². The van der Waals surface area contributed by atoms with Crippen molar-refractivity contribution in [2.75, 3.05) is 0 Å². The van der Waals surface area contributed by atoms with Crippen LogP contribution in [0.3, 0.4) is 0 Å². The molecule has 0 fully saturated rings. The minimum atomic E-state index is -1.02. The van der Waals surface area contributed by atoms with Gasteiger partial charge in [0.2, 0.25) is 0 Å². The third kappa shape index (κ3) is 2.22. The van der Waals surface area contributed by atoms with E-state index in [0.29, 0.717) is 5.03 Å². The minimum Gasteiger partial charge on any atom is -0.480 e. The van der Waals surface area contributed by atoms with E-state index in [-0.39, 0.29) is 6.42 Å². The van der Waals surface area contributed by atoms with Gasteiger partial charge in [-0.1, -0.05) is 0 Å². The van der Waals surface area contributed by atoms with Crippen molar-refractivity contribution >= 4 is 18.6 Å². The molecule has 0 bridgehead atoms. The number of aryl methyl sites for hydroxylation is 1. The summed E-state index contributed by atoms with van der Waals surface area (Å²) in [5.74, 6) is -1.02. The number of hydrogen-bond acceptors (Lipinski definition) is 4. The van der Waals surface area contributed by atoms with Crippen LogP contribution in [0.15, 0.2) is 11.4 Å². The molecule has 72 valence electrons. The highest BCUT2D eigenvalue weighted by Gasteiger charge is 2.16. The van der Waals surface area contributed by atoms with Gasteiger partial charge in [0.15, 0.2) is 0 Å². The van der Waals surface area contributed by atoms with Crippen LogP contribution < -0.4 is 5.73 Å². The molecule has 6 heteroatoms. The lowest BCUT2D eigenvalue weighted by molar-refractivity contribution is -0.138. The summed E-state index contributed by atoms with van der Waals surface area (Å²) in [5, 5.41) is 9.11. The second-order valence-corrected chi connectivity index (χ2v) is 3.20. The van der Waals surface area contributed by atoms with E-state index >= 15 is 0 Å². The van der Waals surface area contributed by atoms with E-state index in [2.05, 4.69) is 17.6 Å². The highest BCUT2D eigenvalue weighted by Crippen LogP contribution is 2.11. The molecule has 1 aromatic heterocycles. The zero-order chi connectivity index (χ0) is 10.0. The molecular weight excluding hydrogens is 190 g/mol. The average molecular weight is 201 g/mol. The second kappa shape index (κ2) is 3.80. The van der Waals surface area contributed by atoms with Gasteiger partial charge in [0.1, 0.15) is 11.1 Å². The van der Waals surface area contributed by atoms with Gasteiger partial charge in [0, 0.05) is 13.5 Å². The minimum absolute atomic E-state index is 0.241. The Hall–Kier alpha value is -1.01. The Bertz CT molecular complexity index is 304. The Kier molecular flexibility index (Phi) is 2.94. The fourth-order valence-electron chi connectivity index (χ4n) is 0.974.